The number of ether oxygens (including phenoxy) is 2. The Kier molecular flexibility index (Phi) is 8.69. The number of esters is 2. The molecule has 36 heavy (non-hydrogen) atoms. The van der Waals surface area contributed by atoms with Gasteiger partial charge < -0.3 is 19.9 Å². The largest absolute Gasteiger partial charge is 0.489 e. The number of halogens is 2. The van der Waals surface area contributed by atoms with Gasteiger partial charge in [0.05, 0.1) is 12.2 Å². The topological polar surface area (TPSA) is 84.9 Å². The molecule has 0 aromatic heterocycles. The number of carbonyl (C=O) groups excluding carboxylic acids is 2. The van der Waals surface area contributed by atoms with Crippen LogP contribution in [0.2, 0.25) is 0 Å². The zero-order valence-corrected chi connectivity index (χ0v) is 20.2. The zero-order chi connectivity index (χ0) is 25.5. The van der Waals surface area contributed by atoms with Gasteiger partial charge in [0.1, 0.15) is 18.4 Å². The van der Waals surface area contributed by atoms with Crippen LogP contribution in [-0.2, 0) is 16.1 Å². The van der Waals surface area contributed by atoms with E-state index in [0.717, 1.165) is 25.1 Å². The number of hydrogen-bond acceptors (Lipinski definition) is 7. The number of rotatable bonds is 9. The van der Waals surface area contributed by atoms with E-state index in [0.29, 0.717) is 39.5 Å². The lowest BCUT2D eigenvalue weighted by molar-refractivity contribution is -0.139. The molecule has 3 aromatic carbocycles. The van der Waals surface area contributed by atoms with Gasteiger partial charge in [-0.15, -0.1) is 11.8 Å². The highest BCUT2D eigenvalue weighted by Gasteiger charge is 2.26. The Morgan fingerprint density at radius 1 is 1.06 bits per heavy atom. The van der Waals surface area contributed by atoms with Gasteiger partial charge in [-0.2, -0.15) is 0 Å². The van der Waals surface area contributed by atoms with Gasteiger partial charge in [0, 0.05) is 10.6 Å². The highest BCUT2D eigenvalue weighted by molar-refractivity contribution is 7.99. The monoisotopic (exact) mass is 513 g/mol. The second kappa shape index (κ2) is 12.1. The van der Waals surface area contributed by atoms with Crippen molar-refractivity contribution in [1.29, 1.82) is 0 Å². The summed E-state index contributed by atoms with van der Waals surface area (Å²) in [6.07, 6.45) is 1.52. The molecule has 3 aromatic rings. The second-order valence-electron chi connectivity index (χ2n) is 8.21. The molecule has 188 valence electrons. The fourth-order valence-corrected chi connectivity index (χ4v) is 4.65. The van der Waals surface area contributed by atoms with Crippen LogP contribution in [0.25, 0.3) is 11.1 Å². The molecule has 1 aliphatic heterocycles. The van der Waals surface area contributed by atoms with Crippen LogP contribution < -0.4 is 10.1 Å². The first kappa shape index (κ1) is 25.8. The Balaban J connectivity index is 1.39. The third-order valence-electron chi connectivity index (χ3n) is 5.64. The Labute approximate surface area is 211 Å². The Morgan fingerprint density at radius 3 is 2.56 bits per heavy atom. The van der Waals surface area contributed by atoms with Crippen LogP contribution >= 0.6 is 11.8 Å². The van der Waals surface area contributed by atoms with Crippen LogP contribution in [0.1, 0.15) is 28.8 Å². The van der Waals surface area contributed by atoms with Crippen LogP contribution in [0.4, 0.5) is 8.78 Å². The van der Waals surface area contributed by atoms with Crippen LogP contribution in [0.15, 0.2) is 65.6 Å². The number of benzene rings is 3. The van der Waals surface area contributed by atoms with Crippen molar-refractivity contribution in [3.05, 3.63) is 83.4 Å². The lowest BCUT2D eigenvalue weighted by atomic mass is 10.1. The molecule has 6 nitrogen and oxygen atoms in total. The first-order valence-corrected chi connectivity index (χ1v) is 12.5. The first-order valence-electron chi connectivity index (χ1n) is 11.5. The lowest BCUT2D eigenvalue weighted by Crippen LogP contribution is -2.33. The molecule has 2 N–H and O–H groups in total. The molecule has 4 rings (SSSR count). The Bertz CT molecular complexity index is 1230. The predicted molar refractivity (Wildman–Crippen MR) is 132 cm³/mol. The molecule has 0 bridgehead atoms. The van der Waals surface area contributed by atoms with E-state index in [-0.39, 0.29) is 18.8 Å². The molecule has 0 unspecified atom stereocenters. The Hall–Kier alpha value is -3.27. The molecule has 0 aliphatic carbocycles. The van der Waals surface area contributed by atoms with Crippen molar-refractivity contribution >= 4 is 23.7 Å². The van der Waals surface area contributed by atoms with Gasteiger partial charge in [-0.25, -0.2) is 18.4 Å². The molecule has 0 saturated carbocycles. The van der Waals surface area contributed by atoms with Crippen LogP contribution in [0, 0.1) is 11.6 Å². The maximum absolute atomic E-state index is 13.9. The average Bonchev–Trinajstić information content (AvgIpc) is 3.44. The summed E-state index contributed by atoms with van der Waals surface area (Å²) in [5.41, 5.74) is 2.16. The number of nitrogens with one attached hydrogen (secondary N) is 1. The van der Waals surface area contributed by atoms with E-state index in [4.69, 9.17) is 14.6 Å². The van der Waals surface area contributed by atoms with E-state index in [1.807, 2.05) is 0 Å². The maximum Gasteiger partial charge on any atom is 0.345 e. The quantitative estimate of drug-likeness (QED) is 0.243. The zero-order valence-electron chi connectivity index (χ0n) is 19.3. The molecule has 0 radical (unpaired) electrons. The lowest BCUT2D eigenvalue weighted by Gasteiger charge is -2.12. The minimum atomic E-state index is -0.946. The van der Waals surface area contributed by atoms with E-state index in [1.165, 1.54) is 11.8 Å². The minimum Gasteiger partial charge on any atom is -0.489 e. The van der Waals surface area contributed by atoms with Gasteiger partial charge in [0.15, 0.2) is 11.6 Å². The standard InChI is InChI=1S/C27H25F2NO5S/c28-22-14-21(25(15-23(22)29)36-12-11-31)18-6-8-20(9-7-18)34-16-17-3-1-4-19(13-17)26(32)35-27(33)24-5-2-10-30-24/h1,3-4,6-9,13-15,24,30-31H,2,5,10-12,16H2/t24-/m0/s1. The van der Waals surface area contributed by atoms with E-state index >= 15 is 0 Å². The van der Waals surface area contributed by atoms with Crippen LogP contribution in [0.3, 0.4) is 0 Å². The summed E-state index contributed by atoms with van der Waals surface area (Å²) < 4.78 is 38.4. The van der Waals surface area contributed by atoms with Crippen LogP contribution in [-0.4, -0.2) is 42.0 Å². The average molecular weight is 514 g/mol. The highest BCUT2D eigenvalue weighted by atomic mass is 32.2. The van der Waals surface area contributed by atoms with E-state index in [2.05, 4.69) is 5.32 Å². The number of carbonyl (C=O) groups is 2. The van der Waals surface area contributed by atoms with Gasteiger partial charge in [-0.05, 0) is 72.5 Å². The molecular formula is C27H25F2NO5S. The summed E-state index contributed by atoms with van der Waals surface area (Å²) in [6.45, 7) is 0.816. The third-order valence-corrected chi connectivity index (χ3v) is 6.68. The second-order valence-corrected chi connectivity index (χ2v) is 9.34. The van der Waals surface area contributed by atoms with Gasteiger partial charge in [-0.1, -0.05) is 24.3 Å². The summed E-state index contributed by atoms with van der Waals surface area (Å²) in [5.74, 6) is -2.26. The van der Waals surface area contributed by atoms with Crippen molar-refractivity contribution in [2.45, 2.75) is 30.4 Å². The molecule has 0 amide bonds. The number of aliphatic hydroxyl groups excluding tert-OH is 1. The van der Waals surface area contributed by atoms with E-state index in [1.54, 1.807) is 48.5 Å². The van der Waals surface area contributed by atoms with Gasteiger partial charge in [0.25, 0.3) is 0 Å². The summed E-state index contributed by atoms with van der Waals surface area (Å²) in [7, 11) is 0. The highest BCUT2D eigenvalue weighted by Crippen LogP contribution is 2.34. The molecular weight excluding hydrogens is 488 g/mol. The van der Waals surface area contributed by atoms with Crippen LogP contribution in [0.5, 0.6) is 5.75 Å². The SMILES string of the molecule is O=C(OC(=O)[C@@H]1CCCN1)c1cccc(COc2ccc(-c3cc(F)c(F)cc3SCCO)cc2)c1. The first-order chi connectivity index (χ1) is 17.4. The summed E-state index contributed by atoms with van der Waals surface area (Å²) in [4.78, 5) is 25.0. The van der Waals surface area contributed by atoms with Crippen molar-refractivity contribution in [2.24, 2.45) is 0 Å². The summed E-state index contributed by atoms with van der Waals surface area (Å²) in [6, 6.07) is 15.4. The maximum atomic E-state index is 13.9. The molecule has 1 atom stereocenters. The fourth-order valence-electron chi connectivity index (χ4n) is 3.82. The molecule has 1 aliphatic rings. The number of thioether (sulfide) groups is 1. The number of hydrogen-bond donors (Lipinski definition) is 2. The van der Waals surface area contributed by atoms with Crippen molar-refractivity contribution < 1.29 is 33.0 Å². The van der Waals surface area contributed by atoms with E-state index < -0.39 is 29.6 Å². The van der Waals surface area contributed by atoms with Gasteiger partial charge in [0.2, 0.25) is 0 Å². The molecule has 0 spiro atoms. The van der Waals surface area contributed by atoms with Crippen molar-refractivity contribution in [3.63, 3.8) is 0 Å². The van der Waals surface area contributed by atoms with Crippen molar-refractivity contribution in [1.82, 2.24) is 5.32 Å². The smallest absolute Gasteiger partial charge is 0.345 e. The van der Waals surface area contributed by atoms with Gasteiger partial charge >= 0.3 is 11.9 Å². The molecule has 1 saturated heterocycles. The third kappa shape index (κ3) is 6.48. The fraction of sp³-hybridized carbons (Fsp3) is 0.259. The van der Waals surface area contributed by atoms with Gasteiger partial charge in [-0.3, -0.25) is 0 Å². The number of aliphatic hydroxyl groups is 1. The molecule has 1 fully saturated rings. The van der Waals surface area contributed by atoms with Crippen molar-refractivity contribution in [3.8, 4) is 16.9 Å². The molecule has 1 heterocycles. The normalized spacial score (nSPS) is 15.0. The molecule has 9 heteroatoms. The van der Waals surface area contributed by atoms with Crippen molar-refractivity contribution in [2.75, 3.05) is 18.9 Å². The van der Waals surface area contributed by atoms with E-state index in [9.17, 15) is 18.4 Å². The predicted octanol–water partition coefficient (Wildman–Crippen LogP) is 4.73. The summed E-state index contributed by atoms with van der Waals surface area (Å²) >= 11 is 1.24. The summed E-state index contributed by atoms with van der Waals surface area (Å²) in [5, 5.41) is 12.1. The minimum absolute atomic E-state index is 0.0805. The Morgan fingerprint density at radius 2 is 1.83 bits per heavy atom.